The minimum atomic E-state index is -4.90. The van der Waals surface area contributed by atoms with Crippen LogP contribution in [0.15, 0.2) is 59.7 Å². The van der Waals surface area contributed by atoms with Crippen molar-refractivity contribution in [2.75, 3.05) is 0 Å². The van der Waals surface area contributed by atoms with E-state index < -0.39 is 70.7 Å². The third-order valence-corrected chi connectivity index (χ3v) is 8.48. The number of nitrogens with one attached hydrogen (secondary N) is 1. The highest BCUT2D eigenvalue weighted by molar-refractivity contribution is 5.83. The van der Waals surface area contributed by atoms with Gasteiger partial charge in [-0.3, -0.25) is 19.4 Å². The molecule has 0 aliphatic carbocycles. The number of carboxylic acids is 1. The van der Waals surface area contributed by atoms with Gasteiger partial charge in [0.05, 0.1) is 18.0 Å². The maximum absolute atomic E-state index is 16.7. The van der Waals surface area contributed by atoms with Crippen LogP contribution in [0.2, 0.25) is 0 Å². The summed E-state index contributed by atoms with van der Waals surface area (Å²) in [6.07, 6.45) is -3.70. The van der Waals surface area contributed by atoms with Crippen LogP contribution in [-0.2, 0) is 28.6 Å². The maximum Gasteiger partial charge on any atom is 0.416 e. The number of carboxylic acid groups (broad SMARTS) is 1. The summed E-state index contributed by atoms with van der Waals surface area (Å²) in [7, 11) is 0. The number of benzene rings is 2. The van der Waals surface area contributed by atoms with E-state index in [0.717, 1.165) is 29.0 Å². The molecule has 274 valence electrons. The Balaban J connectivity index is 1.86. The number of carbonyl (C=O) groups excluding carboxylic acids is 1. The van der Waals surface area contributed by atoms with Gasteiger partial charge >= 0.3 is 12.1 Å². The third-order valence-electron chi connectivity index (χ3n) is 8.48. The Morgan fingerprint density at radius 2 is 1.67 bits per heavy atom. The van der Waals surface area contributed by atoms with E-state index in [0.29, 0.717) is 11.8 Å². The molecular weight excluding hydrogens is 688 g/mol. The molecule has 2 atom stereocenters. The molecule has 0 radical (unpaired) electrons. The van der Waals surface area contributed by atoms with Gasteiger partial charge in [0.25, 0.3) is 5.56 Å². The molecule has 7 nitrogen and oxygen atoms in total. The first kappa shape index (κ1) is 39.4. The van der Waals surface area contributed by atoms with Crippen LogP contribution in [0, 0.1) is 49.1 Å². The molecule has 2 N–H and O–H groups in total. The van der Waals surface area contributed by atoms with Gasteiger partial charge in [-0.05, 0) is 98.5 Å². The van der Waals surface area contributed by atoms with Crippen molar-refractivity contribution in [1.29, 1.82) is 0 Å². The van der Waals surface area contributed by atoms with Crippen molar-refractivity contribution < 1.29 is 41.0 Å². The zero-order valence-corrected chi connectivity index (χ0v) is 29.1. The first-order chi connectivity index (χ1) is 24.4. The molecule has 4 aromatic rings. The zero-order valence-electron chi connectivity index (χ0n) is 29.1. The summed E-state index contributed by atoms with van der Waals surface area (Å²) in [5.74, 6) is -0.782. The second kappa shape index (κ2) is 16.3. The zero-order chi connectivity index (χ0) is 38.5. The van der Waals surface area contributed by atoms with Gasteiger partial charge in [-0.25, -0.2) is 13.2 Å². The SMILES string of the molecule is CC#Cc1cc(F)c([C@@H](CC(=O)O)NC(=O)[C@H](CC(C)C)n2cc(CCc3ccccn3)c(C(F)(F)F)cc2=O)c(F)c1-c1c(C)cc(F)cc1C. The Hall–Kier alpha value is -5.38. The van der Waals surface area contributed by atoms with Crippen LogP contribution in [-0.4, -0.2) is 26.5 Å². The summed E-state index contributed by atoms with van der Waals surface area (Å²) in [5.41, 5.74) is -2.56. The number of rotatable bonds is 12. The number of hydrogen-bond acceptors (Lipinski definition) is 4. The quantitative estimate of drug-likeness (QED) is 0.114. The number of aromatic nitrogens is 2. The topological polar surface area (TPSA) is 101 Å². The van der Waals surface area contributed by atoms with Gasteiger partial charge in [-0.15, -0.1) is 5.92 Å². The molecule has 2 aromatic carbocycles. The number of nitrogens with zero attached hydrogens (tertiary/aromatic N) is 2. The number of pyridine rings is 2. The number of halogens is 6. The fourth-order valence-electron chi connectivity index (χ4n) is 6.30. The number of aryl methyl sites for hydroxylation is 4. The molecule has 0 spiro atoms. The van der Waals surface area contributed by atoms with Gasteiger partial charge in [0.1, 0.15) is 23.5 Å². The van der Waals surface area contributed by atoms with Crippen LogP contribution in [0.1, 0.15) is 84.8 Å². The molecule has 2 heterocycles. The fraction of sp³-hybridized carbons (Fsp3) is 0.333. The Morgan fingerprint density at radius 1 is 1.00 bits per heavy atom. The van der Waals surface area contributed by atoms with E-state index in [1.807, 2.05) is 0 Å². The van der Waals surface area contributed by atoms with E-state index in [4.69, 9.17) is 0 Å². The number of amides is 1. The van der Waals surface area contributed by atoms with Crippen LogP contribution in [0.3, 0.4) is 0 Å². The Bertz CT molecular complexity index is 2080. The van der Waals surface area contributed by atoms with Crippen molar-refractivity contribution in [1.82, 2.24) is 14.9 Å². The van der Waals surface area contributed by atoms with E-state index in [-0.39, 0.29) is 58.6 Å². The standard InChI is InChI=1S/C39H37F6N3O4/c1-6-9-24-17-29(41)36(37(42)35(24)34-22(4)15-26(40)16-23(34)5)30(19-33(50)51)47-38(52)31(14-21(2)3)48-20-25(11-12-27-10-7-8-13-46-27)28(18-32(48)49)39(43,44)45/h7-8,10,13,15-18,20-21,30-31H,11-12,14,19H2,1-5H3,(H,47,52)(H,50,51)/t30-,31+/m1/s1. The lowest BCUT2D eigenvalue weighted by atomic mass is 9.88. The molecule has 4 rings (SSSR count). The van der Waals surface area contributed by atoms with Gasteiger partial charge in [-0.1, -0.05) is 25.8 Å². The van der Waals surface area contributed by atoms with Crippen molar-refractivity contribution in [2.45, 2.75) is 78.6 Å². The highest BCUT2D eigenvalue weighted by atomic mass is 19.4. The van der Waals surface area contributed by atoms with E-state index in [1.165, 1.54) is 27.0 Å². The smallest absolute Gasteiger partial charge is 0.416 e. The third kappa shape index (κ3) is 9.09. The summed E-state index contributed by atoms with van der Waals surface area (Å²) in [6, 6.07) is 5.18. The van der Waals surface area contributed by atoms with E-state index in [9.17, 15) is 37.1 Å². The van der Waals surface area contributed by atoms with Crippen molar-refractivity contribution in [3.8, 4) is 23.0 Å². The predicted molar refractivity (Wildman–Crippen MR) is 183 cm³/mol. The highest BCUT2D eigenvalue weighted by Gasteiger charge is 2.36. The highest BCUT2D eigenvalue weighted by Crippen LogP contribution is 2.38. The lowest BCUT2D eigenvalue weighted by Crippen LogP contribution is -2.41. The van der Waals surface area contributed by atoms with E-state index in [1.54, 1.807) is 32.0 Å². The normalized spacial score (nSPS) is 12.6. The first-order valence-corrected chi connectivity index (χ1v) is 16.4. The molecule has 0 fully saturated rings. The van der Waals surface area contributed by atoms with Crippen molar-refractivity contribution in [3.63, 3.8) is 0 Å². The molecule has 0 saturated heterocycles. The minimum Gasteiger partial charge on any atom is -0.481 e. The van der Waals surface area contributed by atoms with Crippen LogP contribution in [0.5, 0.6) is 0 Å². The molecule has 13 heteroatoms. The first-order valence-electron chi connectivity index (χ1n) is 16.4. The second-order valence-electron chi connectivity index (χ2n) is 12.9. The molecule has 0 unspecified atom stereocenters. The predicted octanol–water partition coefficient (Wildman–Crippen LogP) is 8.04. The molecule has 0 aliphatic rings. The van der Waals surface area contributed by atoms with Crippen molar-refractivity contribution in [3.05, 3.63) is 122 Å². The lowest BCUT2D eigenvalue weighted by molar-refractivity contribution is -0.139. The molecule has 52 heavy (non-hydrogen) atoms. The van der Waals surface area contributed by atoms with Gasteiger partial charge < -0.3 is 15.0 Å². The minimum absolute atomic E-state index is 0.0795. The summed E-state index contributed by atoms with van der Waals surface area (Å²) in [4.78, 5) is 43.5. The van der Waals surface area contributed by atoms with Gasteiger partial charge in [-0.2, -0.15) is 13.2 Å². The summed E-state index contributed by atoms with van der Waals surface area (Å²) >= 11 is 0. The maximum atomic E-state index is 16.7. The number of carbonyl (C=O) groups is 2. The molecule has 0 saturated carbocycles. The molecular formula is C39H37F6N3O4. The van der Waals surface area contributed by atoms with Gasteiger partial charge in [0, 0.05) is 40.8 Å². The van der Waals surface area contributed by atoms with Crippen LogP contribution in [0.25, 0.3) is 11.1 Å². The Morgan fingerprint density at radius 3 is 2.23 bits per heavy atom. The number of hydrogen-bond donors (Lipinski definition) is 2. The molecule has 2 aromatic heterocycles. The Kier molecular flexibility index (Phi) is 12.4. The summed E-state index contributed by atoms with van der Waals surface area (Å²) in [5, 5.41) is 12.2. The van der Waals surface area contributed by atoms with Gasteiger partial charge in [0.15, 0.2) is 0 Å². The van der Waals surface area contributed by atoms with Crippen LogP contribution in [0.4, 0.5) is 26.3 Å². The average molecular weight is 726 g/mol. The van der Waals surface area contributed by atoms with Gasteiger partial charge in [0.2, 0.25) is 5.91 Å². The van der Waals surface area contributed by atoms with Crippen LogP contribution < -0.4 is 10.9 Å². The molecule has 0 aliphatic heterocycles. The largest absolute Gasteiger partial charge is 0.481 e. The number of alkyl halides is 3. The monoisotopic (exact) mass is 725 g/mol. The fourth-order valence-corrected chi connectivity index (χ4v) is 6.30. The second-order valence-corrected chi connectivity index (χ2v) is 12.9. The Labute approximate surface area is 296 Å². The van der Waals surface area contributed by atoms with Crippen LogP contribution >= 0.6 is 0 Å². The summed E-state index contributed by atoms with van der Waals surface area (Å²) < 4.78 is 90.0. The van der Waals surface area contributed by atoms with Crippen molar-refractivity contribution in [2.24, 2.45) is 5.92 Å². The van der Waals surface area contributed by atoms with E-state index >= 15 is 8.78 Å². The van der Waals surface area contributed by atoms with E-state index in [2.05, 4.69) is 22.1 Å². The van der Waals surface area contributed by atoms with Crippen molar-refractivity contribution >= 4 is 11.9 Å². The molecule has 1 amide bonds. The average Bonchev–Trinajstić information content (AvgIpc) is 3.03. The lowest BCUT2D eigenvalue weighted by Gasteiger charge is -2.27. The molecule has 0 bridgehead atoms. The number of aliphatic carboxylic acids is 1. The summed E-state index contributed by atoms with van der Waals surface area (Å²) in [6.45, 7) is 7.84.